The van der Waals surface area contributed by atoms with Crippen LogP contribution in [0, 0.1) is 5.92 Å². The van der Waals surface area contributed by atoms with Crippen LogP contribution in [0.25, 0.3) is 0 Å². The van der Waals surface area contributed by atoms with Crippen molar-refractivity contribution in [3.05, 3.63) is 0 Å². The third-order valence-electron chi connectivity index (χ3n) is 4.51. The van der Waals surface area contributed by atoms with Crippen LogP contribution < -0.4 is 11.1 Å². The van der Waals surface area contributed by atoms with E-state index in [4.69, 9.17) is 5.73 Å². The van der Waals surface area contributed by atoms with Crippen molar-refractivity contribution in [3.63, 3.8) is 0 Å². The van der Waals surface area contributed by atoms with Gasteiger partial charge in [0.2, 0.25) is 5.91 Å². The summed E-state index contributed by atoms with van der Waals surface area (Å²) in [5, 5.41) is 3.00. The highest BCUT2D eigenvalue weighted by Gasteiger charge is 2.34. The minimum Gasteiger partial charge on any atom is -0.368 e. The molecule has 0 aromatic rings. The molecule has 1 heterocycles. The number of hydrogen-bond donors (Lipinski definition) is 2. The van der Waals surface area contributed by atoms with E-state index in [2.05, 4.69) is 10.2 Å². The largest absolute Gasteiger partial charge is 0.368 e. The average Bonchev–Trinajstić information content (AvgIpc) is 2.78. The van der Waals surface area contributed by atoms with E-state index in [1.54, 1.807) is 0 Å². The van der Waals surface area contributed by atoms with Gasteiger partial charge in [-0.25, -0.2) is 0 Å². The first kappa shape index (κ1) is 12.8. The summed E-state index contributed by atoms with van der Waals surface area (Å²) in [5.41, 5.74) is 5.35. The molecule has 3 N–H and O–H groups in total. The lowest BCUT2D eigenvalue weighted by molar-refractivity contribution is -0.120. The number of carbonyl (C=O) groups is 1. The van der Waals surface area contributed by atoms with E-state index < -0.39 is 0 Å². The first-order valence-electron chi connectivity index (χ1n) is 6.93. The minimum absolute atomic E-state index is 0.170. The van der Waals surface area contributed by atoms with Gasteiger partial charge in [0.25, 0.3) is 0 Å². The number of nitrogens with one attached hydrogen (secondary N) is 1. The second kappa shape index (κ2) is 5.83. The van der Waals surface area contributed by atoms with Crippen LogP contribution in [0.5, 0.6) is 0 Å². The number of primary amides is 1. The maximum absolute atomic E-state index is 11.2. The predicted octanol–water partition coefficient (Wildman–Crippen LogP) is 0.714. The Labute approximate surface area is 104 Å². The highest BCUT2D eigenvalue weighted by atomic mass is 16.1. The molecule has 4 heteroatoms. The van der Waals surface area contributed by atoms with Gasteiger partial charge >= 0.3 is 0 Å². The molecule has 1 saturated heterocycles. The third kappa shape index (κ3) is 2.99. The predicted molar refractivity (Wildman–Crippen MR) is 68.6 cm³/mol. The second-order valence-electron chi connectivity index (χ2n) is 5.47. The van der Waals surface area contributed by atoms with E-state index >= 15 is 0 Å². The Morgan fingerprint density at radius 1 is 1.41 bits per heavy atom. The van der Waals surface area contributed by atoms with Crippen molar-refractivity contribution in [1.29, 1.82) is 0 Å². The Kier molecular flexibility index (Phi) is 4.40. The number of likely N-dealkylation sites (N-methyl/N-ethyl adjacent to an activating group) is 1. The summed E-state index contributed by atoms with van der Waals surface area (Å²) in [6.45, 7) is 2.21. The van der Waals surface area contributed by atoms with E-state index in [1.165, 1.54) is 38.6 Å². The van der Waals surface area contributed by atoms with E-state index in [9.17, 15) is 4.79 Å². The Bertz CT molecular complexity index is 269. The average molecular weight is 239 g/mol. The molecule has 1 aliphatic heterocycles. The number of nitrogens with two attached hydrogens (primary N) is 1. The fourth-order valence-corrected chi connectivity index (χ4v) is 3.56. The van der Waals surface area contributed by atoms with Crippen molar-refractivity contribution in [2.24, 2.45) is 11.7 Å². The summed E-state index contributed by atoms with van der Waals surface area (Å²) < 4.78 is 0. The molecule has 0 aromatic heterocycles. The molecule has 1 aliphatic carbocycles. The van der Waals surface area contributed by atoms with Crippen LogP contribution in [0.3, 0.4) is 0 Å². The van der Waals surface area contributed by atoms with Gasteiger partial charge in [0, 0.05) is 12.6 Å². The third-order valence-corrected chi connectivity index (χ3v) is 4.51. The summed E-state index contributed by atoms with van der Waals surface area (Å²) in [6, 6.07) is 0.617. The minimum atomic E-state index is -0.229. The number of nitrogens with zero attached hydrogens (tertiary/aromatic N) is 1. The van der Waals surface area contributed by atoms with Gasteiger partial charge < -0.3 is 16.0 Å². The standard InChI is InChI=1S/C13H25N3O/c1-15-11(13(14)17)7-9-16-8-3-5-10-4-2-6-12(10)16/h10-12,15H,2-9H2,1H3,(H2,14,17). The van der Waals surface area contributed by atoms with Crippen LogP contribution in [-0.2, 0) is 4.79 Å². The van der Waals surface area contributed by atoms with Crippen molar-refractivity contribution in [2.75, 3.05) is 20.1 Å². The van der Waals surface area contributed by atoms with Crippen LogP contribution in [0.15, 0.2) is 0 Å². The number of piperidine rings is 1. The molecular formula is C13H25N3O. The maximum atomic E-state index is 11.2. The molecule has 0 spiro atoms. The Morgan fingerprint density at radius 3 is 2.88 bits per heavy atom. The fourth-order valence-electron chi connectivity index (χ4n) is 3.56. The molecule has 0 aromatic carbocycles. The quantitative estimate of drug-likeness (QED) is 0.743. The molecule has 2 rings (SSSR count). The number of amides is 1. The van der Waals surface area contributed by atoms with Crippen molar-refractivity contribution >= 4 is 5.91 Å². The highest BCUT2D eigenvalue weighted by molar-refractivity contribution is 5.79. The highest BCUT2D eigenvalue weighted by Crippen LogP contribution is 2.36. The number of likely N-dealkylation sites (tertiary alicyclic amines) is 1. The summed E-state index contributed by atoms with van der Waals surface area (Å²) in [7, 11) is 1.81. The summed E-state index contributed by atoms with van der Waals surface area (Å²) >= 11 is 0. The number of hydrogen-bond acceptors (Lipinski definition) is 3. The lowest BCUT2D eigenvalue weighted by atomic mass is 9.91. The Hall–Kier alpha value is -0.610. The van der Waals surface area contributed by atoms with E-state index in [0.717, 1.165) is 24.9 Å². The van der Waals surface area contributed by atoms with Crippen LogP contribution >= 0.6 is 0 Å². The molecule has 1 amide bonds. The molecular weight excluding hydrogens is 214 g/mol. The van der Waals surface area contributed by atoms with Gasteiger partial charge in [-0.1, -0.05) is 6.42 Å². The summed E-state index contributed by atoms with van der Waals surface area (Å²) in [6.07, 6.45) is 7.72. The van der Waals surface area contributed by atoms with Gasteiger partial charge in [0.1, 0.15) is 0 Å². The van der Waals surface area contributed by atoms with E-state index in [0.29, 0.717) is 0 Å². The Morgan fingerprint density at radius 2 is 2.18 bits per heavy atom. The van der Waals surface area contributed by atoms with Gasteiger partial charge in [0.15, 0.2) is 0 Å². The van der Waals surface area contributed by atoms with Crippen LogP contribution in [-0.4, -0.2) is 43.0 Å². The number of rotatable bonds is 5. The zero-order valence-electron chi connectivity index (χ0n) is 10.8. The smallest absolute Gasteiger partial charge is 0.234 e. The molecule has 2 fully saturated rings. The van der Waals surface area contributed by atoms with Gasteiger partial charge in [-0.15, -0.1) is 0 Å². The molecule has 98 valence electrons. The second-order valence-corrected chi connectivity index (χ2v) is 5.47. The summed E-state index contributed by atoms with van der Waals surface area (Å²) in [5.74, 6) is 0.692. The monoisotopic (exact) mass is 239 g/mol. The van der Waals surface area contributed by atoms with E-state index in [-0.39, 0.29) is 11.9 Å². The van der Waals surface area contributed by atoms with Gasteiger partial charge in [-0.3, -0.25) is 4.79 Å². The molecule has 1 saturated carbocycles. The Balaban J connectivity index is 1.83. The van der Waals surface area contributed by atoms with Gasteiger partial charge in [-0.05, 0) is 51.6 Å². The van der Waals surface area contributed by atoms with Crippen molar-refractivity contribution in [2.45, 2.75) is 50.6 Å². The SMILES string of the molecule is CNC(CCN1CCCC2CCCC21)C(N)=O. The first-order chi connectivity index (χ1) is 8.22. The normalized spacial score (nSPS) is 31.1. The molecule has 17 heavy (non-hydrogen) atoms. The van der Waals surface area contributed by atoms with Gasteiger partial charge in [0.05, 0.1) is 6.04 Å². The molecule has 3 atom stereocenters. The molecule has 4 nitrogen and oxygen atoms in total. The molecule has 0 bridgehead atoms. The molecule has 3 unspecified atom stereocenters. The fraction of sp³-hybridized carbons (Fsp3) is 0.923. The number of carbonyl (C=O) groups excluding carboxylic acids is 1. The van der Waals surface area contributed by atoms with Crippen molar-refractivity contribution < 1.29 is 4.79 Å². The number of fused-ring (bicyclic) bond motifs is 1. The van der Waals surface area contributed by atoms with Crippen molar-refractivity contribution in [3.8, 4) is 0 Å². The topological polar surface area (TPSA) is 58.4 Å². The molecule has 0 radical (unpaired) electrons. The maximum Gasteiger partial charge on any atom is 0.234 e. The van der Waals surface area contributed by atoms with E-state index in [1.807, 2.05) is 7.05 Å². The zero-order valence-corrected chi connectivity index (χ0v) is 10.8. The molecule has 2 aliphatic rings. The lowest BCUT2D eigenvalue weighted by Gasteiger charge is -2.38. The van der Waals surface area contributed by atoms with Crippen molar-refractivity contribution in [1.82, 2.24) is 10.2 Å². The lowest BCUT2D eigenvalue weighted by Crippen LogP contribution is -2.46. The first-order valence-corrected chi connectivity index (χ1v) is 6.93. The zero-order chi connectivity index (χ0) is 12.3. The van der Waals surface area contributed by atoms with Gasteiger partial charge in [-0.2, -0.15) is 0 Å². The summed E-state index contributed by atoms with van der Waals surface area (Å²) in [4.78, 5) is 13.8. The van der Waals surface area contributed by atoms with Crippen LogP contribution in [0.2, 0.25) is 0 Å². The van der Waals surface area contributed by atoms with Crippen LogP contribution in [0.1, 0.15) is 38.5 Å². The van der Waals surface area contributed by atoms with Crippen LogP contribution in [0.4, 0.5) is 0 Å².